The topological polar surface area (TPSA) is 63.0 Å². The minimum atomic E-state index is 0.464. The number of nitrogens with zero attached hydrogens (tertiary/aromatic N) is 2. The molecule has 0 fully saturated rings. The molecule has 0 aliphatic carbocycles. The summed E-state index contributed by atoms with van der Waals surface area (Å²) in [6, 6.07) is 2.53. The van der Waals surface area contributed by atoms with Gasteiger partial charge in [-0.05, 0) is 34.5 Å². The molecule has 0 saturated heterocycles. The smallest absolute Gasteiger partial charge is 0.315 e. The summed E-state index contributed by atoms with van der Waals surface area (Å²) in [7, 11) is 0. The first kappa shape index (κ1) is 14.5. The Morgan fingerprint density at radius 1 is 1.37 bits per heavy atom. The van der Waals surface area contributed by atoms with Gasteiger partial charge in [0.2, 0.25) is 5.89 Å². The van der Waals surface area contributed by atoms with E-state index in [1.165, 1.54) is 4.88 Å². The highest BCUT2D eigenvalue weighted by Gasteiger charge is 2.06. The van der Waals surface area contributed by atoms with Crippen molar-refractivity contribution < 1.29 is 4.42 Å². The van der Waals surface area contributed by atoms with Gasteiger partial charge in [-0.2, -0.15) is 0 Å². The van der Waals surface area contributed by atoms with Crippen LogP contribution in [0.2, 0.25) is 0 Å². The summed E-state index contributed by atoms with van der Waals surface area (Å²) in [5.74, 6) is 1.22. The number of aromatic nitrogens is 2. The highest BCUT2D eigenvalue weighted by Crippen LogP contribution is 2.20. The lowest BCUT2D eigenvalue weighted by Crippen LogP contribution is -2.19. The molecule has 19 heavy (non-hydrogen) atoms. The summed E-state index contributed by atoms with van der Waals surface area (Å²) in [5, 5.41) is 16.4. The molecule has 0 aliphatic rings. The van der Waals surface area contributed by atoms with Crippen molar-refractivity contribution in [2.24, 2.45) is 5.92 Å². The van der Waals surface area contributed by atoms with Crippen molar-refractivity contribution in [1.82, 2.24) is 15.5 Å². The molecule has 0 amide bonds. The average molecular weight is 345 g/mol. The van der Waals surface area contributed by atoms with Gasteiger partial charge in [0.1, 0.15) is 0 Å². The monoisotopic (exact) mass is 344 g/mol. The molecule has 2 aromatic rings. The normalized spacial score (nSPS) is 11.2. The number of anilines is 1. The number of thiophene rings is 1. The van der Waals surface area contributed by atoms with Crippen molar-refractivity contribution in [2.45, 2.75) is 26.9 Å². The molecule has 0 aliphatic heterocycles. The van der Waals surface area contributed by atoms with Crippen LogP contribution < -0.4 is 10.6 Å². The zero-order valence-corrected chi connectivity index (χ0v) is 13.3. The largest absolute Gasteiger partial charge is 0.407 e. The minimum Gasteiger partial charge on any atom is -0.407 e. The quantitative estimate of drug-likeness (QED) is 0.807. The third-order valence-electron chi connectivity index (χ3n) is 2.33. The fourth-order valence-electron chi connectivity index (χ4n) is 1.47. The molecule has 2 heterocycles. The standard InChI is InChI=1S/C12H17BrN4OS/c1-8(2)4-14-6-11-16-17-12(18-11)15-5-10-3-9(13)7-19-10/h3,7-8,14H,4-6H2,1-2H3,(H,15,17). The van der Waals surface area contributed by atoms with Crippen LogP contribution in [0.15, 0.2) is 20.3 Å². The van der Waals surface area contributed by atoms with Crippen LogP contribution in [0.5, 0.6) is 0 Å². The third kappa shape index (κ3) is 4.93. The van der Waals surface area contributed by atoms with Crippen LogP contribution in [0.3, 0.4) is 0 Å². The van der Waals surface area contributed by atoms with E-state index in [0.717, 1.165) is 11.0 Å². The summed E-state index contributed by atoms with van der Waals surface area (Å²) in [6.07, 6.45) is 0. The van der Waals surface area contributed by atoms with Gasteiger partial charge >= 0.3 is 6.01 Å². The molecule has 2 N–H and O–H groups in total. The van der Waals surface area contributed by atoms with Gasteiger partial charge in [0, 0.05) is 14.7 Å². The molecule has 2 aromatic heterocycles. The molecular formula is C12H17BrN4OS. The summed E-state index contributed by atoms with van der Waals surface area (Å²) in [5.41, 5.74) is 0. The van der Waals surface area contributed by atoms with Crippen LogP contribution in [0.4, 0.5) is 6.01 Å². The van der Waals surface area contributed by atoms with Gasteiger partial charge in [-0.1, -0.05) is 18.9 Å². The minimum absolute atomic E-state index is 0.464. The molecule has 0 saturated carbocycles. The van der Waals surface area contributed by atoms with E-state index in [-0.39, 0.29) is 0 Å². The first-order valence-electron chi connectivity index (χ1n) is 6.13. The predicted octanol–water partition coefficient (Wildman–Crippen LogP) is 3.25. The first-order valence-corrected chi connectivity index (χ1v) is 7.80. The fraction of sp³-hybridized carbons (Fsp3) is 0.500. The van der Waals surface area contributed by atoms with Gasteiger partial charge in [-0.15, -0.1) is 16.4 Å². The number of rotatable bonds is 7. The van der Waals surface area contributed by atoms with Crippen LogP contribution in [-0.4, -0.2) is 16.7 Å². The summed E-state index contributed by atoms with van der Waals surface area (Å²) in [6.45, 7) is 6.56. The number of nitrogens with one attached hydrogen (secondary N) is 2. The second-order valence-electron chi connectivity index (χ2n) is 4.61. The predicted molar refractivity (Wildman–Crippen MR) is 80.2 cm³/mol. The van der Waals surface area contributed by atoms with Crippen molar-refractivity contribution in [1.29, 1.82) is 0 Å². The van der Waals surface area contributed by atoms with E-state index in [0.29, 0.717) is 30.9 Å². The highest BCUT2D eigenvalue weighted by atomic mass is 79.9. The van der Waals surface area contributed by atoms with Crippen molar-refractivity contribution in [2.75, 3.05) is 11.9 Å². The van der Waals surface area contributed by atoms with Crippen molar-refractivity contribution in [3.8, 4) is 0 Å². The lowest BCUT2D eigenvalue weighted by molar-refractivity contribution is 0.458. The molecule has 2 rings (SSSR count). The summed E-state index contributed by atoms with van der Waals surface area (Å²) >= 11 is 5.11. The molecule has 104 valence electrons. The maximum Gasteiger partial charge on any atom is 0.315 e. The zero-order chi connectivity index (χ0) is 13.7. The first-order chi connectivity index (χ1) is 9.13. The molecule has 0 spiro atoms. The second-order valence-corrected chi connectivity index (χ2v) is 6.52. The maximum atomic E-state index is 5.49. The van der Waals surface area contributed by atoms with Crippen LogP contribution in [0, 0.1) is 5.92 Å². The Kier molecular flexibility index (Phi) is 5.35. The highest BCUT2D eigenvalue weighted by molar-refractivity contribution is 9.10. The van der Waals surface area contributed by atoms with E-state index in [1.807, 2.05) is 5.38 Å². The Balaban J connectivity index is 1.77. The number of hydrogen-bond donors (Lipinski definition) is 2. The lowest BCUT2D eigenvalue weighted by Gasteiger charge is -2.03. The van der Waals surface area contributed by atoms with E-state index in [4.69, 9.17) is 4.42 Å². The molecule has 0 aromatic carbocycles. The van der Waals surface area contributed by atoms with Crippen LogP contribution in [0.1, 0.15) is 24.6 Å². The maximum absolute atomic E-state index is 5.49. The van der Waals surface area contributed by atoms with E-state index in [1.54, 1.807) is 11.3 Å². The Hall–Kier alpha value is -0.920. The SMILES string of the molecule is CC(C)CNCc1nnc(NCc2cc(Br)cs2)o1. The van der Waals surface area contributed by atoms with Gasteiger partial charge in [0.05, 0.1) is 13.1 Å². The van der Waals surface area contributed by atoms with Gasteiger partial charge in [0.15, 0.2) is 0 Å². The molecule has 7 heteroatoms. The molecular weight excluding hydrogens is 328 g/mol. The van der Waals surface area contributed by atoms with Gasteiger partial charge in [0.25, 0.3) is 0 Å². The van der Waals surface area contributed by atoms with E-state index >= 15 is 0 Å². The van der Waals surface area contributed by atoms with Crippen LogP contribution in [0.25, 0.3) is 0 Å². The molecule has 0 atom stereocenters. The lowest BCUT2D eigenvalue weighted by atomic mass is 10.2. The van der Waals surface area contributed by atoms with Crippen molar-refractivity contribution in [3.05, 3.63) is 26.7 Å². The van der Waals surface area contributed by atoms with Gasteiger partial charge in [-0.25, -0.2) is 0 Å². The van der Waals surface area contributed by atoms with E-state index in [2.05, 4.69) is 56.7 Å². The summed E-state index contributed by atoms with van der Waals surface area (Å²) in [4.78, 5) is 1.21. The Labute approximate surface area is 124 Å². The molecule has 0 bridgehead atoms. The third-order valence-corrected chi connectivity index (χ3v) is 4.03. The van der Waals surface area contributed by atoms with Crippen molar-refractivity contribution in [3.63, 3.8) is 0 Å². The fourth-order valence-corrected chi connectivity index (χ4v) is 2.86. The Morgan fingerprint density at radius 3 is 2.89 bits per heavy atom. The molecule has 0 radical (unpaired) electrons. The van der Waals surface area contributed by atoms with Gasteiger partial charge in [-0.3, -0.25) is 0 Å². The molecule has 0 unspecified atom stereocenters. The zero-order valence-electron chi connectivity index (χ0n) is 10.9. The van der Waals surface area contributed by atoms with E-state index < -0.39 is 0 Å². The number of hydrogen-bond acceptors (Lipinski definition) is 6. The Bertz CT molecular complexity index is 511. The van der Waals surface area contributed by atoms with Crippen LogP contribution in [-0.2, 0) is 13.1 Å². The van der Waals surface area contributed by atoms with Crippen molar-refractivity contribution >= 4 is 33.3 Å². The number of halogens is 1. The average Bonchev–Trinajstić information content (AvgIpc) is 2.95. The van der Waals surface area contributed by atoms with Gasteiger partial charge < -0.3 is 15.1 Å². The molecule has 5 nitrogen and oxygen atoms in total. The van der Waals surface area contributed by atoms with E-state index in [9.17, 15) is 0 Å². The summed E-state index contributed by atoms with van der Waals surface area (Å²) < 4.78 is 6.59. The van der Waals surface area contributed by atoms with Crippen LogP contribution >= 0.6 is 27.3 Å². The second kappa shape index (κ2) is 7.02. The Morgan fingerprint density at radius 2 is 2.21 bits per heavy atom.